The molecule has 2 aromatic heterocycles. The first-order valence-corrected chi connectivity index (χ1v) is 10.1. The fraction of sp³-hybridized carbons (Fsp3) is 0.550. The highest BCUT2D eigenvalue weighted by molar-refractivity contribution is 5.73. The number of nitrogen functional groups attached to an aromatic ring is 1. The Hall–Kier alpha value is -3.01. The van der Waals surface area contributed by atoms with E-state index in [2.05, 4.69) is 26.8 Å². The molecule has 2 aromatic rings. The molecule has 10 heteroatoms. The van der Waals surface area contributed by atoms with Gasteiger partial charge in [0, 0.05) is 63.4 Å². The van der Waals surface area contributed by atoms with Gasteiger partial charge in [-0.15, -0.1) is 0 Å². The van der Waals surface area contributed by atoms with Gasteiger partial charge < -0.3 is 25.0 Å². The van der Waals surface area contributed by atoms with E-state index in [9.17, 15) is 4.79 Å². The van der Waals surface area contributed by atoms with Crippen LogP contribution in [-0.4, -0.2) is 75.7 Å². The largest absolute Gasteiger partial charge is 0.474 e. The van der Waals surface area contributed by atoms with Crippen LogP contribution in [0.1, 0.15) is 26.7 Å². The Morgan fingerprint density at radius 2 is 2.03 bits per heavy atom. The average molecular weight is 413 g/mol. The van der Waals surface area contributed by atoms with E-state index in [0.717, 1.165) is 18.4 Å². The zero-order valence-electron chi connectivity index (χ0n) is 17.5. The molecule has 2 N–H and O–H groups in total. The van der Waals surface area contributed by atoms with Gasteiger partial charge >= 0.3 is 0 Å². The second-order valence-electron chi connectivity index (χ2n) is 7.83. The van der Waals surface area contributed by atoms with Crippen LogP contribution in [0.5, 0.6) is 5.88 Å². The van der Waals surface area contributed by atoms with Gasteiger partial charge in [-0.05, 0) is 6.92 Å². The lowest BCUT2D eigenvalue weighted by molar-refractivity contribution is -0.133. The fourth-order valence-corrected chi connectivity index (χ4v) is 3.62. The first kappa shape index (κ1) is 20.3. The molecular weight excluding hydrogens is 386 g/mol. The molecule has 1 amide bonds. The molecule has 4 rings (SSSR count). The second-order valence-corrected chi connectivity index (χ2v) is 7.83. The molecule has 160 valence electrons. The molecule has 0 radical (unpaired) electrons. The maximum absolute atomic E-state index is 11.5. The molecule has 1 saturated carbocycles. The SMILES string of the molecule is CC(=O)N(C)C1CC(Oc2cc(-c3cnc(N)nc3)nc(N3CCOC[C@@H]3C)n2)C1. The van der Waals surface area contributed by atoms with Crippen molar-refractivity contribution in [1.82, 2.24) is 24.8 Å². The molecule has 1 atom stereocenters. The Kier molecular flexibility index (Phi) is 5.67. The predicted octanol–water partition coefficient (Wildman–Crippen LogP) is 1.13. The van der Waals surface area contributed by atoms with Crippen molar-refractivity contribution in [2.24, 2.45) is 0 Å². The minimum Gasteiger partial charge on any atom is -0.474 e. The Labute approximate surface area is 175 Å². The third kappa shape index (κ3) is 4.28. The van der Waals surface area contributed by atoms with Gasteiger partial charge in [-0.25, -0.2) is 15.0 Å². The number of nitrogens with two attached hydrogens (primary N) is 1. The summed E-state index contributed by atoms with van der Waals surface area (Å²) in [5, 5.41) is 0. The number of anilines is 2. The van der Waals surface area contributed by atoms with E-state index in [1.807, 2.05) is 7.05 Å². The molecule has 0 aromatic carbocycles. The van der Waals surface area contributed by atoms with Crippen LogP contribution in [0.2, 0.25) is 0 Å². The predicted molar refractivity (Wildman–Crippen MR) is 111 cm³/mol. The highest BCUT2D eigenvalue weighted by atomic mass is 16.5. The summed E-state index contributed by atoms with van der Waals surface area (Å²) in [6.07, 6.45) is 4.86. The Morgan fingerprint density at radius 3 is 2.70 bits per heavy atom. The number of carbonyl (C=O) groups excluding carboxylic acids is 1. The topological polar surface area (TPSA) is 120 Å². The number of nitrogens with zero attached hydrogens (tertiary/aromatic N) is 6. The highest BCUT2D eigenvalue weighted by Crippen LogP contribution is 2.31. The van der Waals surface area contributed by atoms with Gasteiger partial charge in [0.1, 0.15) is 6.10 Å². The first-order chi connectivity index (χ1) is 14.4. The molecule has 1 aliphatic carbocycles. The second kappa shape index (κ2) is 8.39. The number of hydrogen-bond donors (Lipinski definition) is 1. The van der Waals surface area contributed by atoms with Crippen LogP contribution in [-0.2, 0) is 9.53 Å². The lowest BCUT2D eigenvalue weighted by Crippen LogP contribution is -2.49. The van der Waals surface area contributed by atoms with Crippen molar-refractivity contribution in [3.63, 3.8) is 0 Å². The molecular formula is C20H27N7O3. The molecule has 1 aliphatic heterocycles. The van der Waals surface area contributed by atoms with Crippen LogP contribution in [0, 0.1) is 0 Å². The summed E-state index contributed by atoms with van der Waals surface area (Å²) in [6, 6.07) is 2.16. The maximum atomic E-state index is 11.5. The standard InChI is InChI=1S/C20H27N7O3/c1-12-11-29-5-4-27(12)20-24-17(14-9-22-19(21)23-10-14)8-18(25-20)30-16-6-15(7-16)26(3)13(2)28/h8-10,12,15-16H,4-7,11H2,1-3H3,(H2,21,22,23)/t12-,15?,16?/m0/s1. The van der Waals surface area contributed by atoms with Gasteiger partial charge in [-0.2, -0.15) is 4.98 Å². The normalized spacial score (nSPS) is 23.6. The third-order valence-corrected chi connectivity index (χ3v) is 5.68. The minimum atomic E-state index is 0.0113. The molecule has 3 heterocycles. The van der Waals surface area contributed by atoms with Gasteiger partial charge in [0.15, 0.2) is 0 Å². The minimum absolute atomic E-state index is 0.0113. The summed E-state index contributed by atoms with van der Waals surface area (Å²) < 4.78 is 11.7. The Morgan fingerprint density at radius 1 is 1.30 bits per heavy atom. The van der Waals surface area contributed by atoms with Crippen molar-refractivity contribution < 1.29 is 14.3 Å². The van der Waals surface area contributed by atoms with Crippen molar-refractivity contribution in [3.05, 3.63) is 18.5 Å². The average Bonchev–Trinajstić information content (AvgIpc) is 2.70. The van der Waals surface area contributed by atoms with Gasteiger partial charge in [-0.1, -0.05) is 0 Å². The summed E-state index contributed by atoms with van der Waals surface area (Å²) in [5.41, 5.74) is 7.03. The smallest absolute Gasteiger partial charge is 0.229 e. The highest BCUT2D eigenvalue weighted by Gasteiger charge is 2.35. The number of hydrogen-bond acceptors (Lipinski definition) is 9. The van der Waals surface area contributed by atoms with Crippen molar-refractivity contribution in [3.8, 4) is 17.1 Å². The summed E-state index contributed by atoms with van der Waals surface area (Å²) in [7, 11) is 1.82. The van der Waals surface area contributed by atoms with E-state index in [0.29, 0.717) is 37.3 Å². The van der Waals surface area contributed by atoms with E-state index >= 15 is 0 Å². The van der Waals surface area contributed by atoms with Gasteiger partial charge in [0.2, 0.25) is 23.7 Å². The van der Waals surface area contributed by atoms with E-state index in [-0.39, 0.29) is 30.0 Å². The number of aromatic nitrogens is 4. The van der Waals surface area contributed by atoms with Crippen LogP contribution < -0.4 is 15.4 Å². The quantitative estimate of drug-likeness (QED) is 0.769. The Balaban J connectivity index is 1.58. The van der Waals surface area contributed by atoms with E-state index in [1.165, 1.54) is 0 Å². The zero-order chi connectivity index (χ0) is 21.3. The summed E-state index contributed by atoms with van der Waals surface area (Å²) in [4.78, 5) is 33.0. The molecule has 0 bridgehead atoms. The van der Waals surface area contributed by atoms with Gasteiger partial charge in [0.05, 0.1) is 24.9 Å². The van der Waals surface area contributed by atoms with Gasteiger partial charge in [0.25, 0.3) is 0 Å². The third-order valence-electron chi connectivity index (χ3n) is 5.68. The molecule has 2 fully saturated rings. The van der Waals surface area contributed by atoms with Crippen molar-refractivity contribution in [2.45, 2.75) is 44.9 Å². The molecule has 2 aliphatic rings. The summed E-state index contributed by atoms with van der Waals surface area (Å²) in [6.45, 7) is 5.61. The lowest BCUT2D eigenvalue weighted by atomic mass is 9.88. The molecule has 10 nitrogen and oxygen atoms in total. The molecule has 0 unspecified atom stereocenters. The monoisotopic (exact) mass is 413 g/mol. The lowest BCUT2D eigenvalue weighted by Gasteiger charge is -2.40. The fourth-order valence-electron chi connectivity index (χ4n) is 3.62. The van der Waals surface area contributed by atoms with Crippen LogP contribution in [0.25, 0.3) is 11.3 Å². The van der Waals surface area contributed by atoms with Crippen LogP contribution in [0.15, 0.2) is 18.5 Å². The molecule has 1 saturated heterocycles. The summed E-state index contributed by atoms with van der Waals surface area (Å²) in [5.74, 6) is 1.36. The van der Waals surface area contributed by atoms with E-state index in [4.69, 9.17) is 20.2 Å². The maximum Gasteiger partial charge on any atom is 0.229 e. The van der Waals surface area contributed by atoms with Crippen molar-refractivity contribution >= 4 is 17.8 Å². The zero-order valence-corrected chi connectivity index (χ0v) is 17.5. The Bertz CT molecular complexity index is 902. The number of amides is 1. The van der Waals surface area contributed by atoms with Gasteiger partial charge in [-0.3, -0.25) is 4.79 Å². The van der Waals surface area contributed by atoms with E-state index < -0.39 is 0 Å². The van der Waals surface area contributed by atoms with Crippen molar-refractivity contribution in [1.29, 1.82) is 0 Å². The number of rotatable bonds is 5. The first-order valence-electron chi connectivity index (χ1n) is 10.1. The van der Waals surface area contributed by atoms with E-state index in [1.54, 1.807) is 30.3 Å². The number of morpholine rings is 1. The van der Waals surface area contributed by atoms with Crippen molar-refractivity contribution in [2.75, 3.05) is 37.4 Å². The summed E-state index contributed by atoms with van der Waals surface area (Å²) >= 11 is 0. The number of ether oxygens (including phenoxy) is 2. The van der Waals surface area contributed by atoms with Crippen LogP contribution >= 0.6 is 0 Å². The van der Waals surface area contributed by atoms with Crippen LogP contribution in [0.3, 0.4) is 0 Å². The molecule has 0 spiro atoms. The van der Waals surface area contributed by atoms with Crippen LogP contribution in [0.4, 0.5) is 11.9 Å². The molecule has 30 heavy (non-hydrogen) atoms. The number of carbonyl (C=O) groups is 1.